The van der Waals surface area contributed by atoms with Gasteiger partial charge in [0, 0.05) is 29.6 Å². The van der Waals surface area contributed by atoms with Crippen LogP contribution in [0.5, 0.6) is 5.75 Å². The Bertz CT molecular complexity index is 1120. The summed E-state index contributed by atoms with van der Waals surface area (Å²) >= 11 is 6.02. The maximum absolute atomic E-state index is 12.9. The second kappa shape index (κ2) is 7.08. The van der Waals surface area contributed by atoms with E-state index in [1.54, 1.807) is 30.3 Å². The largest absolute Gasteiger partial charge is 0.482 e. The molecule has 7 nitrogen and oxygen atoms in total. The van der Waals surface area contributed by atoms with Crippen LogP contribution in [0.15, 0.2) is 40.8 Å². The van der Waals surface area contributed by atoms with Crippen LogP contribution in [0.2, 0.25) is 5.02 Å². The summed E-state index contributed by atoms with van der Waals surface area (Å²) in [5.41, 5.74) is 2.54. The van der Waals surface area contributed by atoms with E-state index in [-0.39, 0.29) is 24.3 Å². The van der Waals surface area contributed by atoms with Crippen LogP contribution in [-0.2, 0) is 4.79 Å². The van der Waals surface area contributed by atoms with E-state index >= 15 is 0 Å². The van der Waals surface area contributed by atoms with Gasteiger partial charge in [0.05, 0.1) is 5.69 Å². The number of fused-ring (bicyclic) bond motifs is 2. The number of hydrogen-bond acceptors (Lipinski definition) is 5. The van der Waals surface area contributed by atoms with Gasteiger partial charge in [-0.05, 0) is 49.2 Å². The second-order valence-corrected chi connectivity index (χ2v) is 7.71. The normalized spacial score (nSPS) is 17.0. The van der Waals surface area contributed by atoms with Gasteiger partial charge in [0.25, 0.3) is 11.8 Å². The quantitative estimate of drug-likeness (QED) is 0.692. The number of nitrogens with one attached hydrogen (secondary N) is 1. The first-order valence-electron chi connectivity index (χ1n) is 9.49. The molecule has 3 heterocycles. The molecule has 2 amide bonds. The SMILES string of the molecule is O=C1COc2ccc(C(=O)N3CCC(c4nc5cc(Cl)ccc5o4)CC3)cc2N1. The van der Waals surface area contributed by atoms with E-state index in [1.165, 1.54) is 0 Å². The van der Waals surface area contributed by atoms with E-state index in [1.807, 2.05) is 11.0 Å². The number of likely N-dealkylation sites (tertiary alicyclic amines) is 1. The van der Waals surface area contributed by atoms with Gasteiger partial charge in [-0.2, -0.15) is 0 Å². The van der Waals surface area contributed by atoms with Crippen molar-refractivity contribution in [2.24, 2.45) is 0 Å². The number of benzene rings is 2. The Morgan fingerprint density at radius 1 is 1.17 bits per heavy atom. The van der Waals surface area contributed by atoms with Crippen LogP contribution in [0.25, 0.3) is 11.1 Å². The highest BCUT2D eigenvalue weighted by molar-refractivity contribution is 6.31. The topological polar surface area (TPSA) is 84.7 Å². The van der Waals surface area contributed by atoms with Crippen molar-refractivity contribution < 1.29 is 18.7 Å². The van der Waals surface area contributed by atoms with E-state index in [0.29, 0.717) is 41.0 Å². The van der Waals surface area contributed by atoms with Crippen LogP contribution >= 0.6 is 11.6 Å². The molecule has 1 saturated heterocycles. The molecule has 148 valence electrons. The summed E-state index contributed by atoms with van der Waals surface area (Å²) in [6.07, 6.45) is 1.55. The molecular weight excluding hydrogens is 394 g/mol. The molecule has 5 rings (SSSR count). The predicted octanol–water partition coefficient (Wildman–Crippen LogP) is 3.83. The van der Waals surface area contributed by atoms with Gasteiger partial charge in [0.1, 0.15) is 11.3 Å². The monoisotopic (exact) mass is 411 g/mol. The van der Waals surface area contributed by atoms with Crippen molar-refractivity contribution in [3.05, 3.63) is 52.9 Å². The summed E-state index contributed by atoms with van der Waals surface area (Å²) in [5.74, 6) is 1.17. The van der Waals surface area contributed by atoms with Gasteiger partial charge in [-0.3, -0.25) is 9.59 Å². The number of anilines is 1. The molecule has 0 saturated carbocycles. The average molecular weight is 412 g/mol. The number of ether oxygens (including phenoxy) is 1. The molecule has 29 heavy (non-hydrogen) atoms. The van der Waals surface area contributed by atoms with Crippen molar-refractivity contribution in [3.63, 3.8) is 0 Å². The molecule has 1 N–H and O–H groups in total. The summed E-state index contributed by atoms with van der Waals surface area (Å²) in [4.78, 5) is 30.8. The molecule has 0 aliphatic carbocycles. The number of nitrogens with zero attached hydrogens (tertiary/aromatic N) is 2. The molecule has 0 atom stereocenters. The Hall–Kier alpha value is -3.06. The molecule has 0 radical (unpaired) electrons. The minimum Gasteiger partial charge on any atom is -0.482 e. The Kier molecular flexibility index (Phi) is 4.39. The van der Waals surface area contributed by atoms with Crippen LogP contribution in [0.3, 0.4) is 0 Å². The number of aromatic nitrogens is 1. The van der Waals surface area contributed by atoms with Crippen molar-refractivity contribution in [2.75, 3.05) is 25.0 Å². The van der Waals surface area contributed by atoms with Gasteiger partial charge < -0.3 is 19.4 Å². The molecular formula is C21H18ClN3O4. The fourth-order valence-corrected chi connectivity index (χ4v) is 3.99. The van der Waals surface area contributed by atoms with Crippen molar-refractivity contribution >= 4 is 40.2 Å². The Balaban J connectivity index is 1.28. The van der Waals surface area contributed by atoms with Crippen LogP contribution < -0.4 is 10.1 Å². The molecule has 8 heteroatoms. The number of oxazole rings is 1. The predicted molar refractivity (Wildman–Crippen MR) is 107 cm³/mol. The number of rotatable bonds is 2. The first-order chi connectivity index (χ1) is 14.1. The summed E-state index contributed by atoms with van der Waals surface area (Å²) in [6, 6.07) is 10.5. The first-order valence-corrected chi connectivity index (χ1v) is 9.86. The standard InChI is InChI=1S/C21H18ClN3O4/c22-14-2-4-18-16(10-14)24-20(29-18)12-5-7-25(8-6-12)21(27)13-1-3-17-15(9-13)23-19(26)11-28-17/h1-4,9-10,12H,5-8,11H2,(H,23,26). The van der Waals surface area contributed by atoms with Crippen molar-refractivity contribution in [2.45, 2.75) is 18.8 Å². The van der Waals surface area contributed by atoms with Crippen molar-refractivity contribution in [1.82, 2.24) is 9.88 Å². The van der Waals surface area contributed by atoms with E-state index in [9.17, 15) is 9.59 Å². The molecule has 2 aliphatic rings. The Labute approximate surface area is 171 Å². The van der Waals surface area contributed by atoms with Gasteiger partial charge in [0.2, 0.25) is 0 Å². The van der Waals surface area contributed by atoms with Crippen LogP contribution in [0, 0.1) is 0 Å². The molecule has 3 aromatic rings. The zero-order valence-corrected chi connectivity index (χ0v) is 16.2. The lowest BCUT2D eigenvalue weighted by Crippen LogP contribution is -2.38. The van der Waals surface area contributed by atoms with E-state index in [0.717, 1.165) is 23.9 Å². The molecule has 0 unspecified atom stereocenters. The summed E-state index contributed by atoms with van der Waals surface area (Å²) in [5, 5.41) is 3.37. The van der Waals surface area contributed by atoms with Crippen LogP contribution in [-0.4, -0.2) is 41.4 Å². The number of hydrogen-bond donors (Lipinski definition) is 1. The smallest absolute Gasteiger partial charge is 0.262 e. The summed E-state index contributed by atoms with van der Waals surface area (Å²) < 4.78 is 11.2. The van der Waals surface area contributed by atoms with E-state index in [4.69, 9.17) is 20.8 Å². The van der Waals surface area contributed by atoms with Gasteiger partial charge in [0.15, 0.2) is 18.1 Å². The maximum Gasteiger partial charge on any atom is 0.262 e. The van der Waals surface area contributed by atoms with Crippen LogP contribution in [0.4, 0.5) is 5.69 Å². The maximum atomic E-state index is 12.9. The highest BCUT2D eigenvalue weighted by Crippen LogP contribution is 2.32. The summed E-state index contributed by atoms with van der Waals surface area (Å²) in [6.45, 7) is 1.22. The molecule has 1 aromatic heterocycles. The number of piperidine rings is 1. The van der Waals surface area contributed by atoms with Gasteiger partial charge in [-0.15, -0.1) is 0 Å². The highest BCUT2D eigenvalue weighted by Gasteiger charge is 2.28. The number of halogens is 1. The van der Waals surface area contributed by atoms with Gasteiger partial charge in [-0.25, -0.2) is 4.98 Å². The lowest BCUT2D eigenvalue weighted by Gasteiger charge is -2.31. The lowest BCUT2D eigenvalue weighted by atomic mass is 9.96. The highest BCUT2D eigenvalue weighted by atomic mass is 35.5. The molecule has 0 bridgehead atoms. The lowest BCUT2D eigenvalue weighted by molar-refractivity contribution is -0.118. The molecule has 0 spiro atoms. The van der Waals surface area contributed by atoms with Crippen molar-refractivity contribution in [3.8, 4) is 5.75 Å². The van der Waals surface area contributed by atoms with E-state index < -0.39 is 0 Å². The Morgan fingerprint density at radius 3 is 2.83 bits per heavy atom. The molecule has 1 fully saturated rings. The third kappa shape index (κ3) is 3.42. The average Bonchev–Trinajstić information content (AvgIpc) is 3.16. The van der Waals surface area contributed by atoms with Crippen LogP contribution in [0.1, 0.15) is 35.0 Å². The zero-order valence-electron chi connectivity index (χ0n) is 15.5. The summed E-state index contributed by atoms with van der Waals surface area (Å²) in [7, 11) is 0. The molecule has 2 aliphatic heterocycles. The number of amides is 2. The first kappa shape index (κ1) is 18.0. The Morgan fingerprint density at radius 2 is 2.00 bits per heavy atom. The fraction of sp³-hybridized carbons (Fsp3) is 0.286. The molecule has 2 aromatic carbocycles. The second-order valence-electron chi connectivity index (χ2n) is 7.28. The third-order valence-corrected chi connectivity index (χ3v) is 5.59. The minimum atomic E-state index is -0.220. The van der Waals surface area contributed by atoms with E-state index in [2.05, 4.69) is 10.3 Å². The number of carbonyl (C=O) groups is 2. The van der Waals surface area contributed by atoms with Gasteiger partial charge >= 0.3 is 0 Å². The number of carbonyl (C=O) groups excluding carboxylic acids is 2. The third-order valence-electron chi connectivity index (χ3n) is 5.36. The minimum absolute atomic E-state index is 0.00413. The van der Waals surface area contributed by atoms with Crippen molar-refractivity contribution in [1.29, 1.82) is 0 Å². The van der Waals surface area contributed by atoms with Gasteiger partial charge in [-0.1, -0.05) is 11.6 Å². The fourth-order valence-electron chi connectivity index (χ4n) is 3.82. The zero-order chi connectivity index (χ0) is 20.0.